The Kier molecular flexibility index (Phi) is 3.89. The Morgan fingerprint density at radius 3 is 2.71 bits per heavy atom. The van der Waals surface area contributed by atoms with Crippen molar-refractivity contribution in [2.75, 3.05) is 0 Å². The first-order valence-electron chi connectivity index (χ1n) is 7.11. The van der Waals surface area contributed by atoms with E-state index in [4.69, 9.17) is 12.2 Å². The lowest BCUT2D eigenvalue weighted by Crippen LogP contribution is -2.26. The molecule has 0 bridgehead atoms. The molecule has 0 saturated carbocycles. The summed E-state index contributed by atoms with van der Waals surface area (Å²) in [6, 6.07) is 0. The van der Waals surface area contributed by atoms with Crippen LogP contribution in [0.2, 0.25) is 0 Å². The predicted octanol–water partition coefficient (Wildman–Crippen LogP) is 5.99. The molecule has 0 atom stereocenters. The van der Waals surface area contributed by atoms with E-state index in [9.17, 15) is 0 Å². The molecular formula is C17H19NS3. The van der Waals surface area contributed by atoms with Crippen LogP contribution in [-0.4, -0.2) is 9.85 Å². The third-order valence-corrected chi connectivity index (χ3v) is 6.11. The van der Waals surface area contributed by atoms with Gasteiger partial charge in [0.15, 0.2) is 0 Å². The van der Waals surface area contributed by atoms with Gasteiger partial charge in [0.2, 0.25) is 0 Å². The molecule has 2 aromatic heterocycles. The molecule has 0 N–H and O–H groups in total. The Labute approximate surface area is 139 Å². The average molecular weight is 334 g/mol. The SMILES string of the molecule is CC(C)=Cc1sc(-c2nccs2)c2c1C(=S)CC(C)(C)C2. The van der Waals surface area contributed by atoms with Crippen LogP contribution in [-0.2, 0) is 6.42 Å². The maximum atomic E-state index is 5.75. The predicted molar refractivity (Wildman–Crippen MR) is 98.6 cm³/mol. The highest BCUT2D eigenvalue weighted by Gasteiger charge is 2.34. The molecule has 1 aliphatic carbocycles. The van der Waals surface area contributed by atoms with Crippen molar-refractivity contribution in [1.29, 1.82) is 0 Å². The number of aromatic nitrogens is 1. The van der Waals surface area contributed by atoms with E-state index in [2.05, 4.69) is 38.8 Å². The molecule has 2 heterocycles. The first-order chi connectivity index (χ1) is 9.87. The summed E-state index contributed by atoms with van der Waals surface area (Å²) in [5.41, 5.74) is 4.31. The van der Waals surface area contributed by atoms with E-state index in [-0.39, 0.29) is 5.41 Å². The number of thiophene rings is 1. The molecule has 2 aromatic rings. The highest BCUT2D eigenvalue weighted by Crippen LogP contribution is 2.46. The van der Waals surface area contributed by atoms with Crippen LogP contribution in [0.5, 0.6) is 0 Å². The number of fused-ring (bicyclic) bond motifs is 1. The van der Waals surface area contributed by atoms with Gasteiger partial charge >= 0.3 is 0 Å². The summed E-state index contributed by atoms with van der Waals surface area (Å²) in [4.78, 5) is 8.28. The third-order valence-electron chi connectivity index (χ3n) is 3.65. The van der Waals surface area contributed by atoms with Gasteiger partial charge in [0.25, 0.3) is 0 Å². The van der Waals surface area contributed by atoms with Gasteiger partial charge in [-0.3, -0.25) is 0 Å². The lowest BCUT2D eigenvalue weighted by Gasteiger charge is -2.31. The van der Waals surface area contributed by atoms with Gasteiger partial charge in [0.1, 0.15) is 5.01 Å². The van der Waals surface area contributed by atoms with Crippen LogP contribution < -0.4 is 0 Å². The topological polar surface area (TPSA) is 12.9 Å². The van der Waals surface area contributed by atoms with Crippen molar-refractivity contribution in [2.24, 2.45) is 5.41 Å². The summed E-state index contributed by atoms with van der Waals surface area (Å²) in [7, 11) is 0. The highest BCUT2D eigenvalue weighted by atomic mass is 32.1. The molecule has 4 heteroatoms. The molecule has 0 aliphatic heterocycles. The minimum atomic E-state index is 0.249. The van der Waals surface area contributed by atoms with Crippen molar-refractivity contribution in [3.05, 3.63) is 33.2 Å². The smallest absolute Gasteiger partial charge is 0.133 e. The molecule has 0 saturated heterocycles. The number of hydrogen-bond acceptors (Lipinski definition) is 4. The number of thiazole rings is 1. The van der Waals surface area contributed by atoms with E-state index < -0.39 is 0 Å². The van der Waals surface area contributed by atoms with E-state index in [0.717, 1.165) is 22.7 Å². The zero-order chi connectivity index (χ0) is 15.2. The molecule has 0 fully saturated rings. The molecule has 0 amide bonds. The molecule has 0 unspecified atom stereocenters. The van der Waals surface area contributed by atoms with E-state index in [1.54, 1.807) is 11.3 Å². The average Bonchev–Trinajstić information content (AvgIpc) is 2.94. The molecule has 0 aromatic carbocycles. The van der Waals surface area contributed by atoms with Gasteiger partial charge in [0, 0.05) is 26.9 Å². The van der Waals surface area contributed by atoms with Crippen molar-refractivity contribution >= 4 is 45.8 Å². The number of allylic oxidation sites excluding steroid dienone is 1. The van der Waals surface area contributed by atoms with Crippen molar-refractivity contribution in [3.8, 4) is 9.88 Å². The van der Waals surface area contributed by atoms with Crippen LogP contribution in [0.15, 0.2) is 17.2 Å². The number of rotatable bonds is 2. The fraction of sp³-hybridized carbons (Fsp3) is 0.412. The largest absolute Gasteiger partial charge is 0.244 e. The summed E-state index contributed by atoms with van der Waals surface area (Å²) < 4.78 is 0. The Morgan fingerprint density at radius 1 is 1.33 bits per heavy atom. The number of hydrogen-bond donors (Lipinski definition) is 0. The van der Waals surface area contributed by atoms with Crippen LogP contribution in [0.1, 0.15) is 50.1 Å². The van der Waals surface area contributed by atoms with Crippen LogP contribution in [0.25, 0.3) is 16.0 Å². The van der Waals surface area contributed by atoms with Gasteiger partial charge < -0.3 is 0 Å². The minimum Gasteiger partial charge on any atom is -0.244 e. The summed E-state index contributed by atoms with van der Waals surface area (Å²) in [5, 5.41) is 3.18. The summed E-state index contributed by atoms with van der Waals surface area (Å²) in [5.74, 6) is 0. The van der Waals surface area contributed by atoms with Crippen molar-refractivity contribution in [1.82, 2.24) is 4.98 Å². The first kappa shape index (κ1) is 15.1. The summed E-state index contributed by atoms with van der Waals surface area (Å²) in [6.07, 6.45) is 6.25. The van der Waals surface area contributed by atoms with Gasteiger partial charge in [-0.1, -0.05) is 31.6 Å². The van der Waals surface area contributed by atoms with Crippen LogP contribution in [0.4, 0.5) is 0 Å². The van der Waals surface area contributed by atoms with E-state index >= 15 is 0 Å². The Balaban J connectivity index is 2.24. The van der Waals surface area contributed by atoms with Crippen LogP contribution in [0.3, 0.4) is 0 Å². The standard InChI is InChI=1S/C17H19NS3/c1-10(2)7-13-14-11(8-17(3,4)9-12(14)19)15(21-13)16-18-5-6-20-16/h5-7H,8-9H2,1-4H3. The molecule has 21 heavy (non-hydrogen) atoms. The van der Waals surface area contributed by atoms with Gasteiger partial charge in [-0.25, -0.2) is 4.98 Å². The molecule has 3 rings (SSSR count). The minimum absolute atomic E-state index is 0.249. The van der Waals surface area contributed by atoms with Gasteiger partial charge in [-0.15, -0.1) is 22.7 Å². The van der Waals surface area contributed by atoms with Crippen molar-refractivity contribution < 1.29 is 0 Å². The van der Waals surface area contributed by atoms with Crippen molar-refractivity contribution in [3.63, 3.8) is 0 Å². The zero-order valence-electron chi connectivity index (χ0n) is 12.8. The highest BCUT2D eigenvalue weighted by molar-refractivity contribution is 7.80. The lowest BCUT2D eigenvalue weighted by molar-refractivity contribution is 0.376. The summed E-state index contributed by atoms with van der Waals surface area (Å²) in [6.45, 7) is 8.91. The molecule has 0 spiro atoms. The number of thiocarbonyl (C=S) groups is 1. The maximum absolute atomic E-state index is 5.75. The second kappa shape index (κ2) is 5.41. The van der Waals surface area contributed by atoms with Gasteiger partial charge in [-0.2, -0.15) is 0 Å². The Bertz CT molecular complexity index is 714. The quantitative estimate of drug-likeness (QED) is 0.626. The normalized spacial score (nSPS) is 16.7. The molecule has 1 nitrogen and oxygen atoms in total. The van der Waals surface area contributed by atoms with E-state index in [0.29, 0.717) is 0 Å². The molecular weight excluding hydrogens is 314 g/mol. The van der Waals surface area contributed by atoms with Crippen LogP contribution in [0, 0.1) is 5.41 Å². The molecule has 1 aliphatic rings. The number of nitrogens with zero attached hydrogens (tertiary/aromatic N) is 1. The first-order valence-corrected chi connectivity index (χ1v) is 9.21. The van der Waals surface area contributed by atoms with Gasteiger partial charge in [0.05, 0.1) is 4.88 Å². The Hall–Kier alpha value is -0.840. The molecule has 0 radical (unpaired) electrons. The van der Waals surface area contributed by atoms with Crippen molar-refractivity contribution in [2.45, 2.75) is 40.5 Å². The second-order valence-corrected chi connectivity index (χ2v) is 9.09. The fourth-order valence-electron chi connectivity index (χ4n) is 2.90. The monoisotopic (exact) mass is 333 g/mol. The van der Waals surface area contributed by atoms with E-state index in [1.165, 1.54) is 26.5 Å². The Morgan fingerprint density at radius 2 is 2.10 bits per heavy atom. The van der Waals surface area contributed by atoms with Crippen LogP contribution >= 0.6 is 34.9 Å². The lowest BCUT2D eigenvalue weighted by atomic mass is 9.74. The second-order valence-electron chi connectivity index (χ2n) is 6.65. The fourth-order valence-corrected chi connectivity index (χ4v) is 5.76. The third kappa shape index (κ3) is 2.89. The molecule has 110 valence electrons. The van der Waals surface area contributed by atoms with Gasteiger partial charge in [-0.05, 0) is 43.7 Å². The maximum Gasteiger partial charge on any atom is 0.133 e. The zero-order valence-corrected chi connectivity index (χ0v) is 15.3. The van der Waals surface area contributed by atoms with E-state index in [1.807, 2.05) is 22.9 Å². The summed E-state index contributed by atoms with van der Waals surface area (Å²) >= 11 is 9.32.